The number of H-pyrrole nitrogens is 1. The summed E-state index contributed by atoms with van der Waals surface area (Å²) in [6.07, 6.45) is 4.99. The fourth-order valence-electron chi connectivity index (χ4n) is 2.28. The summed E-state index contributed by atoms with van der Waals surface area (Å²) in [6, 6.07) is 7.23. The predicted octanol–water partition coefficient (Wildman–Crippen LogP) is 3.92. The highest BCUT2D eigenvalue weighted by Crippen LogP contribution is 2.27. The topological polar surface area (TPSA) is 92.8 Å². The first-order valence-electron chi connectivity index (χ1n) is 8.08. The van der Waals surface area contributed by atoms with Gasteiger partial charge in [0.1, 0.15) is 6.61 Å². The van der Waals surface area contributed by atoms with E-state index in [4.69, 9.17) is 4.74 Å². The number of hydrogen-bond donors (Lipinski definition) is 2. The van der Waals surface area contributed by atoms with E-state index in [0.717, 1.165) is 11.3 Å². The third-order valence-corrected chi connectivity index (χ3v) is 4.47. The zero-order valence-electron chi connectivity index (χ0n) is 14.4. The Hall–Kier alpha value is -2.74. The van der Waals surface area contributed by atoms with Gasteiger partial charge in [0.25, 0.3) is 5.91 Å². The summed E-state index contributed by atoms with van der Waals surface area (Å²) in [7, 11) is 0. The SMILES string of the molecule is CC(C)c1[nH]nc(C(=O)Nc2ncccc2OCc2ccncc2)c1Br. The molecule has 2 N–H and O–H groups in total. The second kappa shape index (κ2) is 8.09. The van der Waals surface area contributed by atoms with Gasteiger partial charge in [-0.15, -0.1) is 0 Å². The number of pyridine rings is 2. The van der Waals surface area contributed by atoms with Gasteiger partial charge in [-0.3, -0.25) is 14.9 Å². The highest BCUT2D eigenvalue weighted by Gasteiger charge is 2.20. The van der Waals surface area contributed by atoms with Crippen LogP contribution in [0.5, 0.6) is 5.75 Å². The first kappa shape index (κ1) is 18.1. The first-order valence-corrected chi connectivity index (χ1v) is 8.87. The molecular weight excluding hydrogens is 398 g/mol. The maximum Gasteiger partial charge on any atom is 0.278 e. The maximum absolute atomic E-state index is 12.6. The minimum Gasteiger partial charge on any atom is -0.485 e. The summed E-state index contributed by atoms with van der Waals surface area (Å²) >= 11 is 3.43. The van der Waals surface area contributed by atoms with E-state index >= 15 is 0 Å². The predicted molar refractivity (Wildman–Crippen MR) is 101 cm³/mol. The number of nitrogens with zero attached hydrogens (tertiary/aromatic N) is 3. The van der Waals surface area contributed by atoms with Crippen molar-refractivity contribution in [2.75, 3.05) is 5.32 Å². The van der Waals surface area contributed by atoms with Crippen molar-refractivity contribution < 1.29 is 9.53 Å². The Morgan fingerprint density at radius 1 is 1.27 bits per heavy atom. The number of halogens is 1. The molecule has 0 unspecified atom stereocenters. The van der Waals surface area contributed by atoms with E-state index in [-0.39, 0.29) is 17.5 Å². The molecule has 0 aliphatic carbocycles. The van der Waals surface area contributed by atoms with E-state index in [1.54, 1.807) is 30.7 Å². The Labute approximate surface area is 159 Å². The molecule has 0 spiro atoms. The number of carbonyl (C=O) groups is 1. The summed E-state index contributed by atoms with van der Waals surface area (Å²) in [5, 5.41) is 9.74. The molecule has 3 aromatic rings. The molecular formula is C18H18BrN5O2. The number of aromatic amines is 1. The van der Waals surface area contributed by atoms with Gasteiger partial charge in [-0.1, -0.05) is 13.8 Å². The van der Waals surface area contributed by atoms with Gasteiger partial charge >= 0.3 is 0 Å². The normalized spacial score (nSPS) is 10.8. The van der Waals surface area contributed by atoms with E-state index in [1.807, 2.05) is 26.0 Å². The molecule has 1 amide bonds. The maximum atomic E-state index is 12.6. The molecule has 0 fully saturated rings. The fourth-order valence-corrected chi connectivity index (χ4v) is 3.10. The second-order valence-electron chi connectivity index (χ2n) is 5.90. The highest BCUT2D eigenvalue weighted by molar-refractivity contribution is 9.10. The lowest BCUT2D eigenvalue weighted by Crippen LogP contribution is -2.15. The molecule has 0 aromatic carbocycles. The zero-order chi connectivity index (χ0) is 18.5. The number of nitrogens with one attached hydrogen (secondary N) is 2. The third-order valence-electron chi connectivity index (χ3n) is 3.67. The van der Waals surface area contributed by atoms with Gasteiger partial charge in [-0.25, -0.2) is 4.98 Å². The van der Waals surface area contributed by atoms with Crippen molar-refractivity contribution in [3.05, 3.63) is 64.3 Å². The number of amides is 1. The summed E-state index contributed by atoms with van der Waals surface area (Å²) in [5.74, 6) is 0.668. The monoisotopic (exact) mass is 415 g/mol. The van der Waals surface area contributed by atoms with Gasteiger partial charge in [0.15, 0.2) is 17.3 Å². The minimum atomic E-state index is -0.368. The van der Waals surface area contributed by atoms with Crippen LogP contribution in [0.15, 0.2) is 47.3 Å². The number of rotatable bonds is 6. The van der Waals surface area contributed by atoms with E-state index < -0.39 is 0 Å². The van der Waals surface area contributed by atoms with E-state index in [0.29, 0.717) is 22.6 Å². The molecule has 0 radical (unpaired) electrons. The van der Waals surface area contributed by atoms with Crippen molar-refractivity contribution in [3.8, 4) is 5.75 Å². The summed E-state index contributed by atoms with van der Waals surface area (Å²) < 4.78 is 6.44. The lowest BCUT2D eigenvalue weighted by molar-refractivity contribution is 0.102. The molecule has 0 saturated carbocycles. The Balaban J connectivity index is 1.75. The van der Waals surface area contributed by atoms with Crippen LogP contribution in [-0.4, -0.2) is 26.1 Å². The molecule has 0 aliphatic rings. The molecule has 7 nitrogen and oxygen atoms in total. The van der Waals surface area contributed by atoms with Crippen molar-refractivity contribution >= 4 is 27.7 Å². The second-order valence-corrected chi connectivity index (χ2v) is 6.70. The molecule has 0 aliphatic heterocycles. The van der Waals surface area contributed by atoms with Crippen LogP contribution in [0.4, 0.5) is 5.82 Å². The zero-order valence-corrected chi connectivity index (χ0v) is 15.9. The lowest BCUT2D eigenvalue weighted by atomic mass is 10.1. The van der Waals surface area contributed by atoms with Crippen molar-refractivity contribution in [3.63, 3.8) is 0 Å². The number of hydrogen-bond acceptors (Lipinski definition) is 5. The van der Waals surface area contributed by atoms with Crippen LogP contribution in [0.1, 0.15) is 41.5 Å². The van der Waals surface area contributed by atoms with Crippen LogP contribution < -0.4 is 10.1 Å². The van der Waals surface area contributed by atoms with E-state index in [2.05, 4.69) is 41.4 Å². The Morgan fingerprint density at radius 3 is 2.73 bits per heavy atom. The van der Waals surface area contributed by atoms with Crippen LogP contribution in [0.2, 0.25) is 0 Å². The Kier molecular flexibility index (Phi) is 5.62. The summed E-state index contributed by atoms with van der Waals surface area (Å²) in [4.78, 5) is 20.7. The number of aromatic nitrogens is 4. The van der Waals surface area contributed by atoms with Crippen molar-refractivity contribution in [1.82, 2.24) is 20.2 Å². The summed E-state index contributed by atoms with van der Waals surface area (Å²) in [6.45, 7) is 4.38. The lowest BCUT2D eigenvalue weighted by Gasteiger charge is -2.11. The third kappa shape index (κ3) is 4.08. The molecule has 0 saturated heterocycles. The van der Waals surface area contributed by atoms with E-state index in [1.165, 1.54) is 0 Å². The molecule has 8 heteroatoms. The quantitative estimate of drug-likeness (QED) is 0.636. The van der Waals surface area contributed by atoms with Crippen LogP contribution in [0, 0.1) is 0 Å². The number of carbonyl (C=O) groups excluding carboxylic acids is 1. The molecule has 0 bridgehead atoms. The van der Waals surface area contributed by atoms with Gasteiger partial charge in [-0.05, 0) is 51.7 Å². The molecule has 26 heavy (non-hydrogen) atoms. The Bertz CT molecular complexity index is 896. The van der Waals surface area contributed by atoms with Crippen molar-refractivity contribution in [2.24, 2.45) is 0 Å². The molecule has 134 valence electrons. The molecule has 3 heterocycles. The van der Waals surface area contributed by atoms with Crippen LogP contribution in [0.25, 0.3) is 0 Å². The van der Waals surface area contributed by atoms with Crippen molar-refractivity contribution in [1.29, 1.82) is 0 Å². The van der Waals surface area contributed by atoms with Crippen LogP contribution in [-0.2, 0) is 6.61 Å². The smallest absolute Gasteiger partial charge is 0.278 e. The largest absolute Gasteiger partial charge is 0.485 e. The van der Waals surface area contributed by atoms with Crippen LogP contribution >= 0.6 is 15.9 Å². The van der Waals surface area contributed by atoms with Crippen LogP contribution in [0.3, 0.4) is 0 Å². The van der Waals surface area contributed by atoms with Gasteiger partial charge in [0.2, 0.25) is 0 Å². The van der Waals surface area contributed by atoms with Gasteiger partial charge < -0.3 is 10.1 Å². The molecule has 0 atom stereocenters. The summed E-state index contributed by atoms with van der Waals surface area (Å²) in [5.41, 5.74) is 2.11. The van der Waals surface area contributed by atoms with Gasteiger partial charge in [-0.2, -0.15) is 5.10 Å². The average molecular weight is 416 g/mol. The number of anilines is 1. The fraction of sp³-hybridized carbons (Fsp3) is 0.222. The number of ether oxygens (including phenoxy) is 1. The van der Waals surface area contributed by atoms with E-state index in [9.17, 15) is 4.79 Å². The first-order chi connectivity index (χ1) is 12.6. The Morgan fingerprint density at radius 2 is 2.04 bits per heavy atom. The minimum absolute atomic E-state index is 0.215. The highest BCUT2D eigenvalue weighted by atomic mass is 79.9. The van der Waals surface area contributed by atoms with Gasteiger partial charge in [0.05, 0.1) is 10.2 Å². The average Bonchev–Trinajstić information content (AvgIpc) is 3.03. The van der Waals surface area contributed by atoms with Crippen molar-refractivity contribution in [2.45, 2.75) is 26.4 Å². The van der Waals surface area contributed by atoms with Gasteiger partial charge in [0, 0.05) is 18.6 Å². The standard InChI is InChI=1S/C18H18BrN5O2/c1-11(2)15-14(19)16(24-23-15)18(25)22-17-13(4-3-7-21-17)26-10-12-5-8-20-9-6-12/h3-9,11H,10H2,1-2H3,(H,23,24)(H,21,22,25). The molecule has 3 aromatic heterocycles. The molecule has 3 rings (SSSR count).